The minimum atomic E-state index is 0. The Morgan fingerprint density at radius 1 is 0.900 bits per heavy atom. The number of aromatic nitrogens is 2. The maximum Gasteiger partial charge on any atom is 0.140 e. The fourth-order valence-electron chi connectivity index (χ4n) is 1.86. The Bertz CT molecular complexity index is 664. The van der Waals surface area contributed by atoms with Crippen molar-refractivity contribution in [1.82, 2.24) is 9.97 Å². The summed E-state index contributed by atoms with van der Waals surface area (Å²) in [7, 11) is 0. The lowest BCUT2D eigenvalue weighted by Gasteiger charge is -2.03. The first kappa shape index (κ1) is 18.4. The van der Waals surface area contributed by atoms with Gasteiger partial charge >= 0.3 is 0 Å². The summed E-state index contributed by atoms with van der Waals surface area (Å²) in [6.07, 6.45) is 0. The summed E-state index contributed by atoms with van der Waals surface area (Å²) < 4.78 is 0. The zero-order chi connectivity index (χ0) is 11.8. The van der Waals surface area contributed by atoms with Crippen LogP contribution in [0.1, 0.15) is 0 Å². The zero-order valence-electron chi connectivity index (χ0n) is 10.4. The number of nitrogens with two attached hydrogens (primary N) is 2. The van der Waals surface area contributed by atoms with Gasteiger partial charge < -0.3 is 16.5 Å². The van der Waals surface area contributed by atoms with Crippen LogP contribution in [0.5, 0.6) is 0 Å². The summed E-state index contributed by atoms with van der Waals surface area (Å²) in [5.41, 5.74) is 15.8. The summed E-state index contributed by atoms with van der Waals surface area (Å²) in [5, 5.41) is 0. The Morgan fingerprint density at radius 3 is 2.30 bits per heavy atom. The van der Waals surface area contributed by atoms with E-state index in [9.17, 15) is 0 Å². The SMILES string of the molecule is Cl.Cl.Cl.Nc1ccc(N)c(-c2nc3ccccc3[nH]2)c1. The van der Waals surface area contributed by atoms with Gasteiger partial charge in [-0.1, -0.05) is 12.1 Å². The number of imidazole rings is 1. The van der Waals surface area contributed by atoms with Gasteiger partial charge in [-0.25, -0.2) is 4.98 Å². The summed E-state index contributed by atoms with van der Waals surface area (Å²) >= 11 is 0. The Balaban J connectivity index is 0.00000120. The van der Waals surface area contributed by atoms with E-state index < -0.39 is 0 Å². The quantitative estimate of drug-likeness (QED) is 0.594. The number of nitrogens with one attached hydrogen (secondary N) is 1. The van der Waals surface area contributed by atoms with Crippen LogP contribution in [-0.2, 0) is 0 Å². The number of H-pyrrole nitrogens is 1. The van der Waals surface area contributed by atoms with Crippen molar-refractivity contribution in [2.24, 2.45) is 0 Å². The summed E-state index contributed by atoms with van der Waals surface area (Å²) in [5.74, 6) is 0.746. The van der Waals surface area contributed by atoms with Crippen LogP contribution < -0.4 is 11.5 Å². The number of aromatic amines is 1. The minimum Gasteiger partial charge on any atom is -0.399 e. The summed E-state index contributed by atoms with van der Waals surface area (Å²) in [6, 6.07) is 13.3. The van der Waals surface area contributed by atoms with Crippen LogP contribution in [0.15, 0.2) is 42.5 Å². The van der Waals surface area contributed by atoms with Crippen molar-refractivity contribution >= 4 is 59.6 Å². The van der Waals surface area contributed by atoms with E-state index in [1.807, 2.05) is 30.3 Å². The average Bonchev–Trinajstić information content (AvgIpc) is 2.75. The number of nitrogens with zero attached hydrogens (tertiary/aromatic N) is 1. The second-order valence-electron chi connectivity index (χ2n) is 3.95. The molecular formula is C13H15Cl3N4. The van der Waals surface area contributed by atoms with Gasteiger partial charge in [0.1, 0.15) is 5.82 Å². The molecule has 0 aliphatic rings. The molecule has 0 bridgehead atoms. The van der Waals surface area contributed by atoms with Crippen LogP contribution in [-0.4, -0.2) is 9.97 Å². The van der Waals surface area contributed by atoms with Gasteiger partial charge in [0.25, 0.3) is 0 Å². The molecule has 0 radical (unpaired) electrons. The molecule has 0 aliphatic carbocycles. The van der Waals surface area contributed by atoms with E-state index in [0.29, 0.717) is 11.4 Å². The number of nitrogen functional groups attached to an aromatic ring is 2. The first-order valence-electron chi connectivity index (χ1n) is 5.34. The topological polar surface area (TPSA) is 80.7 Å². The third-order valence-corrected chi connectivity index (χ3v) is 2.72. The molecule has 0 saturated carbocycles. The van der Waals surface area contributed by atoms with Crippen LogP contribution >= 0.6 is 37.2 Å². The van der Waals surface area contributed by atoms with Crippen molar-refractivity contribution < 1.29 is 0 Å². The van der Waals surface area contributed by atoms with Crippen molar-refractivity contribution in [1.29, 1.82) is 0 Å². The molecule has 3 rings (SSSR count). The minimum absolute atomic E-state index is 0. The van der Waals surface area contributed by atoms with E-state index in [0.717, 1.165) is 22.4 Å². The molecule has 5 N–H and O–H groups in total. The molecule has 4 nitrogen and oxygen atoms in total. The van der Waals surface area contributed by atoms with Crippen LogP contribution in [0.25, 0.3) is 22.4 Å². The fraction of sp³-hybridized carbons (Fsp3) is 0. The number of para-hydroxylation sites is 2. The van der Waals surface area contributed by atoms with Gasteiger partial charge in [0.15, 0.2) is 0 Å². The van der Waals surface area contributed by atoms with Crippen molar-refractivity contribution in [3.05, 3.63) is 42.5 Å². The number of hydrogen-bond acceptors (Lipinski definition) is 3. The van der Waals surface area contributed by atoms with E-state index in [-0.39, 0.29) is 37.2 Å². The normalized spacial score (nSPS) is 9.20. The number of benzene rings is 2. The largest absolute Gasteiger partial charge is 0.399 e. The monoisotopic (exact) mass is 332 g/mol. The van der Waals surface area contributed by atoms with Gasteiger partial charge in [0.05, 0.1) is 11.0 Å². The van der Waals surface area contributed by atoms with Gasteiger partial charge in [-0.3, -0.25) is 0 Å². The third kappa shape index (κ3) is 3.28. The Kier molecular flexibility index (Phi) is 6.65. The smallest absolute Gasteiger partial charge is 0.140 e. The molecule has 0 spiro atoms. The van der Waals surface area contributed by atoms with E-state index in [2.05, 4.69) is 9.97 Å². The van der Waals surface area contributed by atoms with E-state index in [1.165, 1.54) is 0 Å². The second-order valence-corrected chi connectivity index (χ2v) is 3.95. The zero-order valence-corrected chi connectivity index (χ0v) is 12.8. The van der Waals surface area contributed by atoms with Gasteiger partial charge in [-0.05, 0) is 30.3 Å². The number of halogens is 3. The summed E-state index contributed by atoms with van der Waals surface area (Å²) in [6.45, 7) is 0. The molecule has 108 valence electrons. The molecule has 20 heavy (non-hydrogen) atoms. The molecular weight excluding hydrogens is 319 g/mol. The molecule has 3 aromatic rings. The molecule has 1 heterocycles. The Hall–Kier alpha value is -1.62. The molecule has 2 aromatic carbocycles. The first-order chi connectivity index (χ1) is 8.24. The predicted molar refractivity (Wildman–Crippen MR) is 92.1 cm³/mol. The van der Waals surface area contributed by atoms with Crippen molar-refractivity contribution in [3.63, 3.8) is 0 Å². The van der Waals surface area contributed by atoms with E-state index in [1.54, 1.807) is 12.1 Å². The Morgan fingerprint density at radius 2 is 1.60 bits per heavy atom. The number of rotatable bonds is 1. The van der Waals surface area contributed by atoms with Crippen molar-refractivity contribution in [2.45, 2.75) is 0 Å². The number of anilines is 2. The van der Waals surface area contributed by atoms with Crippen molar-refractivity contribution in [2.75, 3.05) is 11.5 Å². The summed E-state index contributed by atoms with van der Waals surface area (Å²) in [4.78, 5) is 7.73. The molecule has 0 unspecified atom stereocenters. The van der Waals surface area contributed by atoms with Gasteiger partial charge in [-0.2, -0.15) is 0 Å². The molecule has 0 fully saturated rings. The van der Waals surface area contributed by atoms with Gasteiger partial charge in [0, 0.05) is 16.9 Å². The molecule has 1 aromatic heterocycles. The molecule has 0 amide bonds. The Labute approximate surface area is 135 Å². The van der Waals surface area contributed by atoms with Gasteiger partial charge in [-0.15, -0.1) is 37.2 Å². The standard InChI is InChI=1S/C13H12N4.3ClH/c14-8-5-6-10(15)9(7-8)13-16-11-3-1-2-4-12(11)17-13;;;/h1-7H,14-15H2,(H,16,17);3*1H. The first-order valence-corrected chi connectivity index (χ1v) is 5.34. The van der Waals surface area contributed by atoms with Gasteiger partial charge in [0.2, 0.25) is 0 Å². The van der Waals surface area contributed by atoms with E-state index >= 15 is 0 Å². The molecule has 0 saturated heterocycles. The van der Waals surface area contributed by atoms with Crippen molar-refractivity contribution in [3.8, 4) is 11.4 Å². The van der Waals surface area contributed by atoms with Crippen LogP contribution in [0.4, 0.5) is 11.4 Å². The highest BCUT2D eigenvalue weighted by atomic mass is 35.5. The fourth-order valence-corrected chi connectivity index (χ4v) is 1.86. The average molecular weight is 334 g/mol. The highest BCUT2D eigenvalue weighted by molar-refractivity contribution is 5.86. The van der Waals surface area contributed by atoms with Crippen LogP contribution in [0, 0.1) is 0 Å². The highest BCUT2D eigenvalue weighted by Crippen LogP contribution is 2.27. The number of fused-ring (bicyclic) bond motifs is 1. The lowest BCUT2D eigenvalue weighted by atomic mass is 10.1. The van der Waals surface area contributed by atoms with Crippen LogP contribution in [0.3, 0.4) is 0 Å². The molecule has 7 heteroatoms. The lowest BCUT2D eigenvalue weighted by molar-refractivity contribution is 1.34. The molecule has 0 atom stereocenters. The highest BCUT2D eigenvalue weighted by Gasteiger charge is 2.08. The maximum atomic E-state index is 5.93. The van der Waals surface area contributed by atoms with E-state index in [4.69, 9.17) is 11.5 Å². The predicted octanol–water partition coefficient (Wildman–Crippen LogP) is 3.66. The number of hydrogen-bond donors (Lipinski definition) is 3. The third-order valence-electron chi connectivity index (χ3n) is 2.72. The molecule has 0 aliphatic heterocycles. The lowest BCUT2D eigenvalue weighted by Crippen LogP contribution is -1.93. The second kappa shape index (κ2) is 7.24. The maximum absolute atomic E-state index is 5.93. The van der Waals surface area contributed by atoms with Crippen LogP contribution in [0.2, 0.25) is 0 Å².